The first-order valence-electron chi connectivity index (χ1n) is 5.91. The minimum absolute atomic E-state index is 0.0310. The van der Waals surface area contributed by atoms with E-state index in [1.807, 2.05) is 0 Å². The average Bonchev–Trinajstić information content (AvgIpc) is 2.81. The van der Waals surface area contributed by atoms with Gasteiger partial charge in [-0.25, -0.2) is 18.5 Å². The van der Waals surface area contributed by atoms with Gasteiger partial charge in [-0.2, -0.15) is 0 Å². The molecule has 0 radical (unpaired) electrons. The van der Waals surface area contributed by atoms with E-state index in [9.17, 15) is 8.42 Å². The largest absolute Gasteiger partial charge is 0.381 e. The topological polar surface area (TPSA) is 108 Å². The van der Waals surface area contributed by atoms with Crippen molar-refractivity contribution in [1.82, 2.24) is 10.1 Å². The first-order chi connectivity index (χ1) is 9.05. The minimum atomic E-state index is -3.78. The number of hydrogen-bond acceptors (Lipinski definition) is 6. The van der Waals surface area contributed by atoms with E-state index in [-0.39, 0.29) is 10.8 Å². The Bertz CT molecular complexity index is 704. The van der Waals surface area contributed by atoms with Gasteiger partial charge in [-0.05, 0) is 18.9 Å². The summed E-state index contributed by atoms with van der Waals surface area (Å²) in [6.45, 7) is 1.34. The van der Waals surface area contributed by atoms with Crippen molar-refractivity contribution in [2.45, 2.75) is 23.7 Å². The molecular weight excluding hydrogens is 270 g/mol. The van der Waals surface area contributed by atoms with Gasteiger partial charge in [0, 0.05) is 19.1 Å². The number of primary sulfonamides is 1. The Morgan fingerprint density at radius 2 is 2.05 bits per heavy atom. The molecule has 3 rings (SSSR count). The van der Waals surface area contributed by atoms with Gasteiger partial charge in [0.15, 0.2) is 0 Å². The normalized spacial score (nSPS) is 17.9. The summed E-state index contributed by atoms with van der Waals surface area (Å²) in [5.41, 5.74) is 1.06. The van der Waals surface area contributed by atoms with E-state index >= 15 is 0 Å². The Morgan fingerprint density at radius 1 is 1.32 bits per heavy atom. The van der Waals surface area contributed by atoms with Crippen LogP contribution in [0.25, 0.3) is 11.1 Å². The van der Waals surface area contributed by atoms with Crippen molar-refractivity contribution < 1.29 is 17.7 Å². The molecule has 1 fully saturated rings. The lowest BCUT2D eigenvalue weighted by Crippen LogP contribution is -2.15. The number of nitrogens with two attached hydrogens (primary N) is 1. The zero-order valence-electron chi connectivity index (χ0n) is 10.1. The van der Waals surface area contributed by atoms with Crippen molar-refractivity contribution in [3.63, 3.8) is 0 Å². The second kappa shape index (κ2) is 4.55. The standard InChI is InChI=1S/C11H13N3O4S/c12-19(15,16)8-5-9-10(7-1-3-17-4-2-7)14-18-11(9)13-6-8/h5-7H,1-4H2,(H2,12,15,16). The minimum Gasteiger partial charge on any atom is -0.381 e. The Labute approximate surface area is 109 Å². The summed E-state index contributed by atoms with van der Waals surface area (Å²) < 4.78 is 33.1. The number of hydrogen-bond donors (Lipinski definition) is 1. The van der Waals surface area contributed by atoms with E-state index in [0.717, 1.165) is 18.5 Å². The molecule has 1 saturated heterocycles. The van der Waals surface area contributed by atoms with E-state index in [4.69, 9.17) is 14.4 Å². The van der Waals surface area contributed by atoms with Crippen LogP contribution in [0.5, 0.6) is 0 Å². The van der Waals surface area contributed by atoms with Gasteiger partial charge in [-0.3, -0.25) is 0 Å². The monoisotopic (exact) mass is 283 g/mol. The van der Waals surface area contributed by atoms with Gasteiger partial charge in [0.1, 0.15) is 4.90 Å². The summed E-state index contributed by atoms with van der Waals surface area (Å²) in [7, 11) is -3.78. The molecule has 0 aliphatic carbocycles. The molecule has 0 atom stereocenters. The highest BCUT2D eigenvalue weighted by Crippen LogP contribution is 2.31. The van der Waals surface area contributed by atoms with Crippen LogP contribution in [-0.2, 0) is 14.8 Å². The lowest BCUT2D eigenvalue weighted by Gasteiger charge is -2.19. The van der Waals surface area contributed by atoms with Crippen LogP contribution in [0, 0.1) is 0 Å². The fourth-order valence-electron chi connectivity index (χ4n) is 2.25. The molecule has 0 bridgehead atoms. The summed E-state index contributed by atoms with van der Waals surface area (Å²) in [5.74, 6) is 0.201. The molecule has 2 N–H and O–H groups in total. The molecule has 0 saturated carbocycles. The number of fused-ring (bicyclic) bond motifs is 1. The molecule has 0 spiro atoms. The highest BCUT2D eigenvalue weighted by molar-refractivity contribution is 7.89. The highest BCUT2D eigenvalue weighted by Gasteiger charge is 2.23. The first-order valence-corrected chi connectivity index (χ1v) is 7.46. The summed E-state index contributed by atoms with van der Waals surface area (Å²) in [6.07, 6.45) is 2.85. The van der Waals surface area contributed by atoms with Crippen molar-refractivity contribution in [2.24, 2.45) is 5.14 Å². The smallest absolute Gasteiger partial charge is 0.258 e. The second-order valence-electron chi connectivity index (χ2n) is 4.52. The molecule has 2 aromatic rings. The molecule has 19 heavy (non-hydrogen) atoms. The van der Waals surface area contributed by atoms with Crippen molar-refractivity contribution in [3.05, 3.63) is 18.0 Å². The van der Waals surface area contributed by atoms with Crippen LogP contribution in [0.2, 0.25) is 0 Å². The maximum Gasteiger partial charge on any atom is 0.258 e. The van der Waals surface area contributed by atoms with Gasteiger partial charge in [-0.1, -0.05) is 5.16 Å². The van der Waals surface area contributed by atoms with Crippen LogP contribution in [0.15, 0.2) is 21.7 Å². The van der Waals surface area contributed by atoms with Crippen molar-refractivity contribution >= 4 is 21.1 Å². The van der Waals surface area contributed by atoms with Crippen molar-refractivity contribution in [1.29, 1.82) is 0 Å². The predicted molar refractivity (Wildman–Crippen MR) is 66.0 cm³/mol. The van der Waals surface area contributed by atoms with Crippen LogP contribution in [-0.4, -0.2) is 31.8 Å². The van der Waals surface area contributed by atoms with E-state index in [0.29, 0.717) is 24.3 Å². The van der Waals surface area contributed by atoms with Crippen LogP contribution in [0.4, 0.5) is 0 Å². The fourth-order valence-corrected chi connectivity index (χ4v) is 2.73. The second-order valence-corrected chi connectivity index (χ2v) is 6.08. The van der Waals surface area contributed by atoms with Crippen molar-refractivity contribution in [3.8, 4) is 0 Å². The van der Waals surface area contributed by atoms with Crippen LogP contribution < -0.4 is 5.14 Å². The van der Waals surface area contributed by atoms with E-state index in [1.165, 1.54) is 12.3 Å². The van der Waals surface area contributed by atoms with Gasteiger partial charge in [-0.15, -0.1) is 0 Å². The summed E-state index contributed by atoms with van der Waals surface area (Å²) in [6, 6.07) is 1.47. The molecular formula is C11H13N3O4S. The average molecular weight is 283 g/mol. The first kappa shape index (κ1) is 12.5. The zero-order chi connectivity index (χ0) is 13.5. The Morgan fingerprint density at radius 3 is 2.74 bits per heavy atom. The zero-order valence-corrected chi connectivity index (χ0v) is 10.9. The van der Waals surface area contributed by atoms with Crippen LogP contribution >= 0.6 is 0 Å². The Hall–Kier alpha value is -1.51. The lowest BCUT2D eigenvalue weighted by atomic mass is 9.95. The molecule has 1 aliphatic rings. The van der Waals surface area contributed by atoms with Gasteiger partial charge in [0.2, 0.25) is 10.0 Å². The third-order valence-corrected chi connectivity index (χ3v) is 4.15. The lowest BCUT2D eigenvalue weighted by molar-refractivity contribution is 0.0840. The molecule has 2 aromatic heterocycles. The van der Waals surface area contributed by atoms with Crippen molar-refractivity contribution in [2.75, 3.05) is 13.2 Å². The molecule has 0 amide bonds. The summed E-state index contributed by atoms with van der Waals surface area (Å²) in [5, 5.41) is 9.73. The Kier molecular flexibility index (Phi) is 3.00. The number of rotatable bonds is 2. The quantitative estimate of drug-likeness (QED) is 0.871. The molecule has 7 nitrogen and oxygen atoms in total. The van der Waals surface area contributed by atoms with Gasteiger partial charge in [0.05, 0.1) is 17.3 Å². The number of ether oxygens (including phenoxy) is 1. The fraction of sp³-hybridized carbons (Fsp3) is 0.455. The number of nitrogens with zero attached hydrogens (tertiary/aromatic N) is 2. The SMILES string of the molecule is NS(=O)(=O)c1cnc2onc(C3CCOCC3)c2c1. The summed E-state index contributed by atoms with van der Waals surface area (Å²) >= 11 is 0. The van der Waals surface area contributed by atoms with Crippen LogP contribution in [0.3, 0.4) is 0 Å². The number of sulfonamides is 1. The van der Waals surface area contributed by atoms with Gasteiger partial charge < -0.3 is 9.26 Å². The summed E-state index contributed by atoms with van der Waals surface area (Å²) in [4.78, 5) is 3.91. The third-order valence-electron chi connectivity index (χ3n) is 3.27. The maximum atomic E-state index is 11.4. The van der Waals surface area contributed by atoms with Crippen LogP contribution in [0.1, 0.15) is 24.5 Å². The molecule has 0 aromatic carbocycles. The van der Waals surface area contributed by atoms with Gasteiger partial charge in [0.25, 0.3) is 5.71 Å². The van der Waals surface area contributed by atoms with E-state index < -0.39 is 10.0 Å². The molecule has 8 heteroatoms. The third kappa shape index (κ3) is 2.34. The predicted octanol–water partition coefficient (Wildman–Crippen LogP) is 0.764. The number of pyridine rings is 1. The van der Waals surface area contributed by atoms with E-state index in [2.05, 4.69) is 10.1 Å². The van der Waals surface area contributed by atoms with E-state index in [1.54, 1.807) is 0 Å². The molecule has 3 heterocycles. The molecule has 1 aliphatic heterocycles. The Balaban J connectivity index is 2.10. The highest BCUT2D eigenvalue weighted by atomic mass is 32.2. The molecule has 0 unspecified atom stereocenters. The van der Waals surface area contributed by atoms with Gasteiger partial charge >= 0.3 is 0 Å². The number of aromatic nitrogens is 2. The molecule has 102 valence electrons. The maximum absolute atomic E-state index is 11.4.